The first-order chi connectivity index (χ1) is 15.4. The van der Waals surface area contributed by atoms with Gasteiger partial charge in [0, 0.05) is 22.3 Å². The number of thioether (sulfide) groups is 1. The summed E-state index contributed by atoms with van der Waals surface area (Å²) >= 11 is 1.72. The molecule has 8 nitrogen and oxygen atoms in total. The zero-order valence-electron chi connectivity index (χ0n) is 18.0. The van der Waals surface area contributed by atoms with E-state index < -0.39 is 5.91 Å². The summed E-state index contributed by atoms with van der Waals surface area (Å²) in [6, 6.07) is 11.2. The van der Waals surface area contributed by atoms with Crippen LogP contribution in [0.5, 0.6) is 5.88 Å². The molecule has 1 unspecified atom stereocenters. The van der Waals surface area contributed by atoms with Gasteiger partial charge in [0.25, 0.3) is 5.91 Å². The monoisotopic (exact) mass is 448 g/mol. The van der Waals surface area contributed by atoms with E-state index in [0.29, 0.717) is 34.7 Å². The van der Waals surface area contributed by atoms with Crippen molar-refractivity contribution in [1.82, 2.24) is 20.2 Å². The molecule has 0 aliphatic rings. The zero-order valence-corrected chi connectivity index (χ0v) is 18.9. The number of anilines is 1. The lowest BCUT2D eigenvalue weighted by Crippen LogP contribution is -2.17. The lowest BCUT2D eigenvalue weighted by molar-refractivity contribution is 0.0996. The zero-order chi connectivity index (χ0) is 22.8. The van der Waals surface area contributed by atoms with E-state index in [1.165, 1.54) is 0 Å². The number of ether oxygens (including phenoxy) is 1. The molecule has 0 spiro atoms. The van der Waals surface area contributed by atoms with Gasteiger partial charge in [-0.15, -0.1) is 0 Å². The highest BCUT2D eigenvalue weighted by molar-refractivity contribution is 7.99. The van der Waals surface area contributed by atoms with Gasteiger partial charge >= 0.3 is 0 Å². The lowest BCUT2D eigenvalue weighted by Gasteiger charge is -2.15. The maximum absolute atomic E-state index is 12.2. The van der Waals surface area contributed by atoms with Crippen molar-refractivity contribution in [2.24, 2.45) is 5.73 Å². The summed E-state index contributed by atoms with van der Waals surface area (Å²) in [5.41, 5.74) is 16.6. The molecule has 1 amide bonds. The number of H-pyrrole nitrogens is 1. The standard InChI is InChI=1S/C23H24N6O2S/c1-12-7-8-16-15(10-26-29-16)20(12)14-9-18(28-22(21(14)24)23(25)30)17-5-4-6-19(27-17)31-11-13(2)32-3/h4-10,13H,11,24H2,1-3H3,(H2,25,30)(H,26,29). The van der Waals surface area contributed by atoms with E-state index in [2.05, 4.69) is 27.1 Å². The van der Waals surface area contributed by atoms with E-state index >= 15 is 0 Å². The molecule has 0 fully saturated rings. The molecule has 164 valence electrons. The lowest BCUT2D eigenvalue weighted by atomic mass is 9.94. The van der Waals surface area contributed by atoms with Crippen molar-refractivity contribution in [1.29, 1.82) is 0 Å². The molecule has 3 heterocycles. The van der Waals surface area contributed by atoms with E-state index in [1.54, 1.807) is 24.0 Å². The van der Waals surface area contributed by atoms with Gasteiger partial charge in [-0.3, -0.25) is 9.89 Å². The van der Waals surface area contributed by atoms with Gasteiger partial charge in [-0.05, 0) is 42.5 Å². The minimum absolute atomic E-state index is 0.00141. The summed E-state index contributed by atoms with van der Waals surface area (Å²) in [5.74, 6) is -0.221. The van der Waals surface area contributed by atoms with Crippen LogP contribution in [0.4, 0.5) is 5.69 Å². The molecule has 0 saturated heterocycles. The smallest absolute Gasteiger partial charge is 0.269 e. The van der Waals surface area contributed by atoms with Crippen LogP contribution in [0.3, 0.4) is 0 Å². The van der Waals surface area contributed by atoms with Gasteiger partial charge in [-0.2, -0.15) is 16.9 Å². The average Bonchev–Trinajstić information content (AvgIpc) is 3.26. The van der Waals surface area contributed by atoms with Gasteiger partial charge in [0.05, 0.1) is 28.8 Å². The number of carbonyl (C=O) groups excluding carboxylic acids is 1. The summed E-state index contributed by atoms with van der Waals surface area (Å²) in [6.45, 7) is 4.59. The number of nitrogens with zero attached hydrogens (tertiary/aromatic N) is 3. The number of nitrogens with one attached hydrogen (secondary N) is 1. The second-order valence-corrected chi connectivity index (χ2v) is 8.76. The third kappa shape index (κ3) is 4.11. The molecule has 0 bridgehead atoms. The van der Waals surface area contributed by atoms with E-state index in [9.17, 15) is 4.79 Å². The Morgan fingerprint density at radius 1 is 1.22 bits per heavy atom. The highest BCUT2D eigenvalue weighted by Crippen LogP contribution is 2.37. The number of primary amides is 1. The molecular weight excluding hydrogens is 424 g/mol. The third-order valence-electron chi connectivity index (χ3n) is 5.25. The van der Waals surface area contributed by atoms with Crippen LogP contribution in [0.1, 0.15) is 23.0 Å². The average molecular weight is 449 g/mol. The van der Waals surface area contributed by atoms with E-state index in [1.807, 2.05) is 43.5 Å². The summed E-state index contributed by atoms with van der Waals surface area (Å²) in [6.07, 6.45) is 3.77. The maximum atomic E-state index is 12.2. The Kier molecular flexibility index (Phi) is 6.00. The molecule has 0 aliphatic carbocycles. The second-order valence-electron chi connectivity index (χ2n) is 7.49. The number of aromatic nitrogens is 4. The van der Waals surface area contributed by atoms with Crippen molar-refractivity contribution in [2.75, 3.05) is 18.6 Å². The fourth-order valence-electron chi connectivity index (χ4n) is 3.47. The van der Waals surface area contributed by atoms with Gasteiger partial charge in [0.2, 0.25) is 5.88 Å². The number of benzene rings is 1. The molecule has 5 N–H and O–H groups in total. The fraction of sp³-hybridized carbons (Fsp3) is 0.217. The largest absolute Gasteiger partial charge is 0.476 e. The number of rotatable bonds is 7. The molecule has 32 heavy (non-hydrogen) atoms. The van der Waals surface area contributed by atoms with Crippen molar-refractivity contribution in [2.45, 2.75) is 19.1 Å². The molecule has 4 aromatic rings. The summed E-state index contributed by atoms with van der Waals surface area (Å²) < 4.78 is 5.82. The number of carbonyl (C=O) groups is 1. The maximum Gasteiger partial charge on any atom is 0.269 e. The number of fused-ring (bicyclic) bond motifs is 1. The van der Waals surface area contributed by atoms with Crippen LogP contribution >= 0.6 is 11.8 Å². The van der Waals surface area contributed by atoms with Gasteiger partial charge in [-0.1, -0.05) is 19.1 Å². The van der Waals surface area contributed by atoms with Gasteiger partial charge in [-0.25, -0.2) is 9.97 Å². The number of pyridine rings is 2. The van der Waals surface area contributed by atoms with Gasteiger partial charge in [0.1, 0.15) is 6.61 Å². The van der Waals surface area contributed by atoms with Gasteiger partial charge < -0.3 is 16.2 Å². The first-order valence-corrected chi connectivity index (χ1v) is 11.3. The molecular formula is C23H24N6O2S. The Morgan fingerprint density at radius 3 is 2.78 bits per heavy atom. The first kappa shape index (κ1) is 21.6. The number of nitrogen functional groups attached to an aromatic ring is 1. The number of hydrogen-bond acceptors (Lipinski definition) is 7. The Labute approximate surface area is 189 Å². The quantitative estimate of drug-likeness (QED) is 0.391. The third-order valence-corrected chi connectivity index (χ3v) is 6.19. The number of aromatic amines is 1. The van der Waals surface area contributed by atoms with Crippen molar-refractivity contribution >= 4 is 34.3 Å². The predicted molar refractivity (Wildman–Crippen MR) is 129 cm³/mol. The molecule has 1 aromatic carbocycles. The van der Waals surface area contributed by atoms with Crippen molar-refractivity contribution in [3.05, 3.63) is 53.9 Å². The topological polar surface area (TPSA) is 133 Å². The number of nitrogens with two attached hydrogens (primary N) is 2. The molecule has 9 heteroatoms. The van der Waals surface area contributed by atoms with Crippen LogP contribution < -0.4 is 16.2 Å². The fourth-order valence-corrected chi connectivity index (χ4v) is 3.68. The minimum Gasteiger partial charge on any atom is -0.476 e. The van der Waals surface area contributed by atoms with Crippen LogP contribution in [-0.4, -0.2) is 44.2 Å². The van der Waals surface area contributed by atoms with Crippen molar-refractivity contribution < 1.29 is 9.53 Å². The van der Waals surface area contributed by atoms with Crippen molar-refractivity contribution in [3.63, 3.8) is 0 Å². The van der Waals surface area contributed by atoms with Crippen molar-refractivity contribution in [3.8, 4) is 28.4 Å². The van der Waals surface area contributed by atoms with Gasteiger partial charge in [0.15, 0.2) is 5.69 Å². The van der Waals surface area contributed by atoms with Crippen LogP contribution in [-0.2, 0) is 0 Å². The summed E-state index contributed by atoms with van der Waals surface area (Å²) in [4.78, 5) is 21.2. The Morgan fingerprint density at radius 2 is 2.03 bits per heavy atom. The van der Waals surface area contributed by atoms with E-state index in [-0.39, 0.29) is 11.4 Å². The number of amides is 1. The normalized spacial score (nSPS) is 12.1. The highest BCUT2D eigenvalue weighted by atomic mass is 32.2. The SMILES string of the molecule is CSC(C)COc1cccc(-c2cc(-c3c(C)ccc4[nH]ncc34)c(N)c(C(N)=O)n2)n1. The van der Waals surface area contributed by atoms with Crippen LogP contribution in [0.2, 0.25) is 0 Å². The Hall–Kier alpha value is -3.59. The highest BCUT2D eigenvalue weighted by Gasteiger charge is 2.20. The molecule has 0 saturated carbocycles. The van der Waals surface area contributed by atoms with E-state index in [4.69, 9.17) is 16.2 Å². The van der Waals surface area contributed by atoms with Crippen LogP contribution in [0.25, 0.3) is 33.4 Å². The Balaban J connectivity index is 1.87. The van der Waals surface area contributed by atoms with E-state index in [0.717, 1.165) is 22.0 Å². The molecule has 4 rings (SSSR count). The molecule has 0 radical (unpaired) electrons. The molecule has 0 aliphatic heterocycles. The summed E-state index contributed by atoms with van der Waals surface area (Å²) in [5, 5.41) is 8.34. The summed E-state index contributed by atoms with van der Waals surface area (Å²) in [7, 11) is 0. The number of hydrogen-bond donors (Lipinski definition) is 3. The first-order valence-electron chi connectivity index (χ1n) is 10.1. The number of aryl methyl sites for hydroxylation is 1. The van der Waals surface area contributed by atoms with Crippen LogP contribution in [0, 0.1) is 6.92 Å². The Bertz CT molecular complexity index is 1300. The molecule has 3 aromatic heterocycles. The van der Waals surface area contributed by atoms with Crippen LogP contribution in [0.15, 0.2) is 42.6 Å². The predicted octanol–water partition coefficient (Wildman–Crippen LogP) is 3.81. The molecule has 1 atom stereocenters. The minimum atomic E-state index is -0.705. The second kappa shape index (κ2) is 8.88.